The molecule has 0 radical (unpaired) electrons. The number of fused-ring (bicyclic) bond motifs is 1. The highest BCUT2D eigenvalue weighted by Crippen LogP contribution is 2.24. The second-order valence-corrected chi connectivity index (χ2v) is 5.88. The molecule has 3 rings (SSSR count). The third-order valence-corrected chi connectivity index (χ3v) is 4.11. The predicted molar refractivity (Wildman–Crippen MR) is 80.3 cm³/mol. The van der Waals surface area contributed by atoms with Crippen molar-refractivity contribution in [1.29, 1.82) is 0 Å². The van der Waals surface area contributed by atoms with Gasteiger partial charge in [0.25, 0.3) is 5.91 Å². The second-order valence-electron chi connectivity index (χ2n) is 5.88. The van der Waals surface area contributed by atoms with Gasteiger partial charge in [-0.2, -0.15) is 0 Å². The molecule has 1 aliphatic rings. The van der Waals surface area contributed by atoms with Crippen LogP contribution in [0.5, 0.6) is 0 Å². The predicted octanol–water partition coefficient (Wildman–Crippen LogP) is 1.52. The van der Waals surface area contributed by atoms with Crippen LogP contribution in [-0.2, 0) is 0 Å². The van der Waals surface area contributed by atoms with Crippen LogP contribution in [0.2, 0.25) is 0 Å². The Morgan fingerprint density at radius 2 is 1.95 bits per heavy atom. The molecule has 2 heterocycles. The highest BCUT2D eigenvalue weighted by molar-refractivity contribution is 6.05. The summed E-state index contributed by atoms with van der Waals surface area (Å²) in [6, 6.07) is 8.65. The summed E-state index contributed by atoms with van der Waals surface area (Å²) in [4.78, 5) is 28.8. The van der Waals surface area contributed by atoms with Crippen molar-refractivity contribution in [3.63, 3.8) is 0 Å². The van der Waals surface area contributed by atoms with Gasteiger partial charge in [0.2, 0.25) is 5.56 Å². The Hall–Kier alpha value is -2.14. The summed E-state index contributed by atoms with van der Waals surface area (Å²) in [6.07, 6.45) is 1.11. The van der Waals surface area contributed by atoms with E-state index in [0.717, 1.165) is 5.39 Å². The van der Waals surface area contributed by atoms with Crippen LogP contribution in [-0.4, -0.2) is 39.6 Å². The van der Waals surface area contributed by atoms with E-state index in [2.05, 4.69) is 4.98 Å². The smallest absolute Gasteiger partial charge is 0.254 e. The lowest BCUT2D eigenvalue weighted by Crippen LogP contribution is -2.45. The molecule has 110 valence electrons. The van der Waals surface area contributed by atoms with Crippen molar-refractivity contribution >= 4 is 16.8 Å². The number of hydrogen-bond acceptors (Lipinski definition) is 3. The molecule has 0 unspecified atom stereocenters. The van der Waals surface area contributed by atoms with E-state index in [1.165, 1.54) is 6.07 Å². The van der Waals surface area contributed by atoms with E-state index < -0.39 is 5.60 Å². The maximum absolute atomic E-state index is 12.7. The molecule has 1 amide bonds. The molecule has 1 aromatic carbocycles. The maximum atomic E-state index is 12.7. The zero-order chi connectivity index (χ0) is 15.0. The lowest BCUT2D eigenvalue weighted by molar-refractivity contribution is -0.00197. The van der Waals surface area contributed by atoms with Gasteiger partial charge in [-0.05, 0) is 25.8 Å². The van der Waals surface area contributed by atoms with Crippen molar-refractivity contribution in [1.82, 2.24) is 9.88 Å². The van der Waals surface area contributed by atoms with Crippen LogP contribution in [0.15, 0.2) is 35.1 Å². The maximum Gasteiger partial charge on any atom is 0.254 e. The van der Waals surface area contributed by atoms with Crippen molar-refractivity contribution in [2.45, 2.75) is 25.4 Å². The van der Waals surface area contributed by atoms with Gasteiger partial charge in [0, 0.05) is 30.1 Å². The Morgan fingerprint density at radius 1 is 1.29 bits per heavy atom. The number of piperidine rings is 1. The molecule has 1 saturated heterocycles. The number of benzene rings is 1. The van der Waals surface area contributed by atoms with Gasteiger partial charge < -0.3 is 15.0 Å². The first-order valence-electron chi connectivity index (χ1n) is 7.10. The molecule has 1 fully saturated rings. The topological polar surface area (TPSA) is 73.4 Å². The molecule has 1 aromatic heterocycles. The minimum atomic E-state index is -0.701. The summed E-state index contributed by atoms with van der Waals surface area (Å²) in [5, 5.41) is 10.7. The molecule has 0 atom stereocenters. The number of carbonyl (C=O) groups excluding carboxylic acids is 1. The molecule has 0 spiro atoms. The molecule has 0 aliphatic carbocycles. The molecule has 21 heavy (non-hydrogen) atoms. The summed E-state index contributed by atoms with van der Waals surface area (Å²) >= 11 is 0. The first-order valence-corrected chi connectivity index (χ1v) is 7.10. The van der Waals surface area contributed by atoms with E-state index in [9.17, 15) is 14.7 Å². The van der Waals surface area contributed by atoms with E-state index in [1.807, 2.05) is 18.2 Å². The first kappa shape index (κ1) is 13.8. The molecular formula is C16H18N2O3. The number of amides is 1. The Morgan fingerprint density at radius 3 is 2.67 bits per heavy atom. The van der Waals surface area contributed by atoms with Crippen LogP contribution in [0.25, 0.3) is 10.9 Å². The minimum Gasteiger partial charge on any atom is -0.390 e. The molecule has 0 saturated carbocycles. The Labute approximate surface area is 122 Å². The van der Waals surface area contributed by atoms with Gasteiger partial charge in [-0.1, -0.05) is 18.2 Å². The SMILES string of the molecule is CC1(O)CCN(C(=O)c2cc(=O)[nH]c3ccccc23)CC1. The van der Waals surface area contributed by atoms with E-state index in [-0.39, 0.29) is 11.5 Å². The fraction of sp³-hybridized carbons (Fsp3) is 0.375. The number of nitrogens with one attached hydrogen (secondary N) is 1. The quantitative estimate of drug-likeness (QED) is 0.834. The molecule has 0 bridgehead atoms. The largest absolute Gasteiger partial charge is 0.390 e. The number of H-pyrrole nitrogens is 1. The van der Waals surface area contributed by atoms with Crippen molar-refractivity contribution in [3.05, 3.63) is 46.2 Å². The number of carbonyl (C=O) groups is 1. The Balaban J connectivity index is 1.97. The summed E-state index contributed by atoms with van der Waals surface area (Å²) in [5.41, 5.74) is 0.113. The fourth-order valence-electron chi connectivity index (χ4n) is 2.74. The van der Waals surface area contributed by atoms with Gasteiger partial charge in [0.05, 0.1) is 11.2 Å². The zero-order valence-corrected chi connectivity index (χ0v) is 11.9. The molecule has 1 aliphatic heterocycles. The van der Waals surface area contributed by atoms with Crippen LogP contribution >= 0.6 is 0 Å². The summed E-state index contributed by atoms with van der Waals surface area (Å²) in [6.45, 7) is 2.80. The van der Waals surface area contributed by atoms with Crippen LogP contribution in [0.3, 0.4) is 0 Å². The second kappa shape index (κ2) is 5.00. The monoisotopic (exact) mass is 286 g/mol. The minimum absolute atomic E-state index is 0.146. The van der Waals surface area contributed by atoms with Crippen molar-refractivity contribution in [2.75, 3.05) is 13.1 Å². The number of hydrogen-bond donors (Lipinski definition) is 2. The molecule has 5 heteroatoms. The van der Waals surface area contributed by atoms with E-state index in [4.69, 9.17) is 0 Å². The van der Waals surface area contributed by atoms with Gasteiger partial charge >= 0.3 is 0 Å². The highest BCUT2D eigenvalue weighted by Gasteiger charge is 2.30. The summed E-state index contributed by atoms with van der Waals surface area (Å²) in [5.74, 6) is -0.146. The molecule has 2 N–H and O–H groups in total. The third-order valence-electron chi connectivity index (χ3n) is 4.11. The van der Waals surface area contributed by atoms with Gasteiger partial charge in [0.15, 0.2) is 0 Å². The summed E-state index contributed by atoms with van der Waals surface area (Å²) in [7, 11) is 0. The van der Waals surface area contributed by atoms with Crippen molar-refractivity contribution in [3.8, 4) is 0 Å². The lowest BCUT2D eigenvalue weighted by Gasteiger charge is -2.35. The number of pyridine rings is 1. The number of aromatic amines is 1. The molecule has 2 aromatic rings. The average molecular weight is 286 g/mol. The highest BCUT2D eigenvalue weighted by atomic mass is 16.3. The van der Waals surface area contributed by atoms with Crippen LogP contribution in [0.4, 0.5) is 0 Å². The normalized spacial score (nSPS) is 17.9. The number of aliphatic hydroxyl groups is 1. The number of nitrogens with zero attached hydrogens (tertiary/aromatic N) is 1. The summed E-state index contributed by atoms with van der Waals surface area (Å²) < 4.78 is 0. The van der Waals surface area contributed by atoms with Gasteiger partial charge in [-0.3, -0.25) is 9.59 Å². The lowest BCUT2D eigenvalue weighted by atomic mass is 9.93. The Kier molecular flexibility index (Phi) is 3.29. The first-order chi connectivity index (χ1) is 9.96. The van der Waals surface area contributed by atoms with E-state index >= 15 is 0 Å². The standard InChI is InChI=1S/C16H18N2O3/c1-16(21)6-8-18(9-7-16)15(20)12-10-14(19)17-13-5-3-2-4-11(12)13/h2-5,10,21H,6-9H2,1H3,(H,17,19). The van der Waals surface area contributed by atoms with E-state index in [1.54, 1.807) is 17.9 Å². The molecule has 5 nitrogen and oxygen atoms in total. The third kappa shape index (κ3) is 2.69. The zero-order valence-electron chi connectivity index (χ0n) is 11.9. The van der Waals surface area contributed by atoms with Crippen molar-refractivity contribution in [2.24, 2.45) is 0 Å². The van der Waals surface area contributed by atoms with Crippen LogP contribution in [0.1, 0.15) is 30.1 Å². The van der Waals surface area contributed by atoms with Crippen LogP contribution < -0.4 is 5.56 Å². The fourth-order valence-corrected chi connectivity index (χ4v) is 2.74. The van der Waals surface area contributed by atoms with Gasteiger partial charge in [-0.25, -0.2) is 0 Å². The Bertz CT molecular complexity index is 739. The number of para-hydroxylation sites is 1. The van der Waals surface area contributed by atoms with E-state index in [0.29, 0.717) is 37.0 Å². The van der Waals surface area contributed by atoms with Gasteiger partial charge in [0.1, 0.15) is 0 Å². The van der Waals surface area contributed by atoms with Crippen molar-refractivity contribution < 1.29 is 9.90 Å². The van der Waals surface area contributed by atoms with Gasteiger partial charge in [-0.15, -0.1) is 0 Å². The number of aromatic nitrogens is 1. The number of likely N-dealkylation sites (tertiary alicyclic amines) is 1. The average Bonchev–Trinajstić information content (AvgIpc) is 2.45. The van der Waals surface area contributed by atoms with Crippen LogP contribution in [0, 0.1) is 0 Å². The number of rotatable bonds is 1. The molecular weight excluding hydrogens is 268 g/mol.